The third-order valence-corrected chi connectivity index (χ3v) is 4.34. The SMILES string of the molecule is CSCCCCCCNC(=O)c1ccc2c(c1)NCC2. The third-order valence-electron chi connectivity index (χ3n) is 3.64. The first kappa shape index (κ1) is 15.2. The molecular formula is C16H24N2OS. The molecule has 20 heavy (non-hydrogen) atoms. The summed E-state index contributed by atoms with van der Waals surface area (Å²) in [4.78, 5) is 12.0. The number of carbonyl (C=O) groups is 1. The smallest absolute Gasteiger partial charge is 0.251 e. The number of amides is 1. The van der Waals surface area contributed by atoms with Gasteiger partial charge in [-0.3, -0.25) is 4.79 Å². The highest BCUT2D eigenvalue weighted by Crippen LogP contribution is 2.23. The summed E-state index contributed by atoms with van der Waals surface area (Å²) >= 11 is 1.90. The minimum Gasteiger partial charge on any atom is -0.384 e. The lowest BCUT2D eigenvalue weighted by Gasteiger charge is -2.07. The van der Waals surface area contributed by atoms with E-state index in [1.807, 2.05) is 23.9 Å². The first-order valence-electron chi connectivity index (χ1n) is 7.45. The van der Waals surface area contributed by atoms with Crippen LogP contribution in [0, 0.1) is 0 Å². The maximum atomic E-state index is 12.0. The van der Waals surface area contributed by atoms with Crippen molar-refractivity contribution >= 4 is 23.4 Å². The predicted molar refractivity (Wildman–Crippen MR) is 87.8 cm³/mol. The van der Waals surface area contributed by atoms with Crippen LogP contribution < -0.4 is 10.6 Å². The second-order valence-corrected chi connectivity index (χ2v) is 6.20. The summed E-state index contributed by atoms with van der Waals surface area (Å²) in [5.74, 6) is 1.29. The zero-order chi connectivity index (χ0) is 14.2. The molecule has 0 atom stereocenters. The van der Waals surface area contributed by atoms with E-state index in [9.17, 15) is 4.79 Å². The minimum absolute atomic E-state index is 0.0469. The van der Waals surface area contributed by atoms with E-state index in [2.05, 4.69) is 23.0 Å². The normalized spacial score (nSPS) is 12.8. The van der Waals surface area contributed by atoms with Crippen molar-refractivity contribution in [1.82, 2.24) is 5.32 Å². The van der Waals surface area contributed by atoms with Crippen LogP contribution in [0.15, 0.2) is 18.2 Å². The zero-order valence-electron chi connectivity index (χ0n) is 12.2. The van der Waals surface area contributed by atoms with Crippen LogP contribution in [0.3, 0.4) is 0 Å². The molecule has 1 aliphatic rings. The number of rotatable bonds is 8. The summed E-state index contributed by atoms with van der Waals surface area (Å²) in [6.45, 7) is 1.76. The summed E-state index contributed by atoms with van der Waals surface area (Å²) < 4.78 is 0. The van der Waals surface area contributed by atoms with E-state index in [1.54, 1.807) is 0 Å². The number of unbranched alkanes of at least 4 members (excludes halogenated alkanes) is 3. The highest BCUT2D eigenvalue weighted by atomic mass is 32.2. The third kappa shape index (κ3) is 4.44. The Labute approximate surface area is 125 Å². The van der Waals surface area contributed by atoms with Gasteiger partial charge in [0.2, 0.25) is 0 Å². The molecule has 0 unspecified atom stereocenters. The van der Waals surface area contributed by atoms with Crippen LogP contribution in [0.5, 0.6) is 0 Å². The van der Waals surface area contributed by atoms with E-state index in [1.165, 1.54) is 30.6 Å². The summed E-state index contributed by atoms with van der Waals surface area (Å²) in [6.07, 6.45) is 8.03. The van der Waals surface area contributed by atoms with Gasteiger partial charge >= 0.3 is 0 Å². The highest BCUT2D eigenvalue weighted by molar-refractivity contribution is 7.98. The molecule has 0 spiro atoms. The zero-order valence-corrected chi connectivity index (χ0v) is 13.0. The number of thioether (sulfide) groups is 1. The number of carbonyl (C=O) groups excluding carboxylic acids is 1. The van der Waals surface area contributed by atoms with Gasteiger partial charge in [0, 0.05) is 24.3 Å². The van der Waals surface area contributed by atoms with E-state index in [4.69, 9.17) is 0 Å². The molecule has 0 bridgehead atoms. The number of nitrogens with one attached hydrogen (secondary N) is 2. The minimum atomic E-state index is 0.0469. The lowest BCUT2D eigenvalue weighted by molar-refractivity contribution is 0.0953. The van der Waals surface area contributed by atoms with Crippen molar-refractivity contribution in [2.24, 2.45) is 0 Å². The van der Waals surface area contributed by atoms with Gasteiger partial charge in [-0.15, -0.1) is 0 Å². The van der Waals surface area contributed by atoms with Gasteiger partial charge in [0.1, 0.15) is 0 Å². The maximum Gasteiger partial charge on any atom is 0.251 e. The van der Waals surface area contributed by atoms with Gasteiger partial charge in [0.15, 0.2) is 0 Å². The standard InChI is InChI=1S/C16H24N2OS/c1-20-11-5-3-2-4-9-18-16(19)14-7-6-13-8-10-17-15(13)12-14/h6-7,12,17H,2-5,8-11H2,1H3,(H,18,19). The molecular weight excluding hydrogens is 268 g/mol. The predicted octanol–water partition coefficient (Wildman–Crippen LogP) is 3.31. The number of fused-ring (bicyclic) bond motifs is 1. The monoisotopic (exact) mass is 292 g/mol. The van der Waals surface area contributed by atoms with E-state index < -0.39 is 0 Å². The molecule has 1 heterocycles. The second-order valence-electron chi connectivity index (χ2n) is 5.21. The van der Waals surface area contributed by atoms with Gasteiger partial charge in [0.05, 0.1) is 0 Å². The molecule has 0 radical (unpaired) electrons. The Kier molecular flexibility index (Phi) is 6.25. The summed E-state index contributed by atoms with van der Waals surface area (Å²) in [6, 6.07) is 5.96. The van der Waals surface area contributed by atoms with Crippen molar-refractivity contribution < 1.29 is 4.79 Å². The molecule has 1 aliphatic heterocycles. The quantitative estimate of drug-likeness (QED) is 0.722. The molecule has 2 rings (SSSR count). The number of hydrogen-bond donors (Lipinski definition) is 2. The van der Waals surface area contributed by atoms with Gasteiger partial charge in [-0.2, -0.15) is 11.8 Å². The van der Waals surface area contributed by atoms with Crippen molar-refractivity contribution in [1.29, 1.82) is 0 Å². The first-order chi connectivity index (χ1) is 9.81. The molecule has 1 aromatic rings. The molecule has 0 fully saturated rings. The fraction of sp³-hybridized carbons (Fsp3) is 0.562. The second kappa shape index (κ2) is 8.20. The topological polar surface area (TPSA) is 41.1 Å². The van der Waals surface area contributed by atoms with E-state index in [0.29, 0.717) is 0 Å². The molecule has 0 aromatic heterocycles. The number of hydrogen-bond acceptors (Lipinski definition) is 3. The Morgan fingerprint density at radius 3 is 3.00 bits per heavy atom. The van der Waals surface area contributed by atoms with Crippen LogP contribution in [-0.2, 0) is 6.42 Å². The first-order valence-corrected chi connectivity index (χ1v) is 8.84. The average molecular weight is 292 g/mol. The van der Waals surface area contributed by atoms with Crippen LogP contribution in [0.2, 0.25) is 0 Å². The molecule has 110 valence electrons. The van der Waals surface area contributed by atoms with Crippen molar-refractivity contribution in [3.8, 4) is 0 Å². The van der Waals surface area contributed by atoms with Crippen LogP contribution in [-0.4, -0.2) is 31.0 Å². The molecule has 0 saturated heterocycles. The summed E-state index contributed by atoms with van der Waals surface area (Å²) in [7, 11) is 0. The van der Waals surface area contributed by atoms with Gasteiger partial charge in [-0.05, 0) is 49.0 Å². The Balaban J connectivity index is 1.67. The Morgan fingerprint density at radius 2 is 2.15 bits per heavy atom. The van der Waals surface area contributed by atoms with Crippen LogP contribution in [0.4, 0.5) is 5.69 Å². The number of anilines is 1. The lowest BCUT2D eigenvalue weighted by atomic mass is 10.1. The Hall–Kier alpha value is -1.16. The van der Waals surface area contributed by atoms with E-state index >= 15 is 0 Å². The summed E-state index contributed by atoms with van der Waals surface area (Å²) in [5, 5.41) is 6.32. The number of benzene rings is 1. The molecule has 0 aliphatic carbocycles. The molecule has 0 saturated carbocycles. The van der Waals surface area contributed by atoms with E-state index in [-0.39, 0.29) is 5.91 Å². The largest absolute Gasteiger partial charge is 0.384 e. The van der Waals surface area contributed by atoms with Gasteiger partial charge in [0.25, 0.3) is 5.91 Å². The van der Waals surface area contributed by atoms with Crippen LogP contribution in [0.1, 0.15) is 41.6 Å². The molecule has 1 aromatic carbocycles. The van der Waals surface area contributed by atoms with E-state index in [0.717, 1.165) is 37.2 Å². The van der Waals surface area contributed by atoms with Gasteiger partial charge in [-0.25, -0.2) is 0 Å². The maximum absolute atomic E-state index is 12.0. The van der Waals surface area contributed by atoms with Crippen molar-refractivity contribution in [2.45, 2.75) is 32.1 Å². The molecule has 3 nitrogen and oxygen atoms in total. The average Bonchev–Trinajstić information content (AvgIpc) is 2.93. The van der Waals surface area contributed by atoms with Gasteiger partial charge in [-0.1, -0.05) is 18.9 Å². The Bertz CT molecular complexity index is 448. The lowest BCUT2D eigenvalue weighted by Crippen LogP contribution is -2.24. The van der Waals surface area contributed by atoms with Crippen molar-refractivity contribution in [3.63, 3.8) is 0 Å². The van der Waals surface area contributed by atoms with Crippen molar-refractivity contribution in [3.05, 3.63) is 29.3 Å². The highest BCUT2D eigenvalue weighted by Gasteiger charge is 2.12. The van der Waals surface area contributed by atoms with Crippen LogP contribution in [0.25, 0.3) is 0 Å². The molecule has 1 amide bonds. The van der Waals surface area contributed by atoms with Gasteiger partial charge < -0.3 is 10.6 Å². The van der Waals surface area contributed by atoms with Crippen LogP contribution >= 0.6 is 11.8 Å². The summed E-state index contributed by atoms with van der Waals surface area (Å²) in [5.41, 5.74) is 3.20. The fourth-order valence-electron chi connectivity index (χ4n) is 2.46. The molecule has 4 heteroatoms. The fourth-order valence-corrected chi connectivity index (χ4v) is 2.95. The van der Waals surface area contributed by atoms with Crippen molar-refractivity contribution in [2.75, 3.05) is 30.4 Å². The Morgan fingerprint density at radius 1 is 1.30 bits per heavy atom. The molecule has 2 N–H and O–H groups in total.